The zero-order chi connectivity index (χ0) is 13.9. The SMILES string of the molecule is CCC(C)(NC(=O)c1cccc(F)c1Cl)C(N)=S. The number of carbonyl (C=O) groups is 1. The summed E-state index contributed by atoms with van der Waals surface area (Å²) in [4.78, 5) is 12.2. The van der Waals surface area contributed by atoms with Gasteiger partial charge in [-0.25, -0.2) is 4.39 Å². The Bertz CT molecular complexity index is 495. The first-order chi connectivity index (χ1) is 8.31. The molecular formula is C12H14ClFN2OS. The first kappa shape index (κ1) is 14.9. The molecule has 1 aromatic rings. The second-order valence-corrected chi connectivity index (χ2v) is 4.92. The number of hydrogen-bond acceptors (Lipinski definition) is 2. The molecule has 6 heteroatoms. The topological polar surface area (TPSA) is 55.1 Å². The second kappa shape index (κ2) is 5.63. The quantitative estimate of drug-likeness (QED) is 0.838. The molecule has 18 heavy (non-hydrogen) atoms. The lowest BCUT2D eigenvalue weighted by molar-refractivity contribution is 0.0926. The Labute approximate surface area is 115 Å². The molecule has 98 valence electrons. The molecule has 1 aromatic carbocycles. The van der Waals surface area contributed by atoms with Crippen molar-refractivity contribution < 1.29 is 9.18 Å². The van der Waals surface area contributed by atoms with Crippen molar-refractivity contribution in [2.24, 2.45) is 5.73 Å². The van der Waals surface area contributed by atoms with E-state index in [0.29, 0.717) is 6.42 Å². The average Bonchev–Trinajstić information content (AvgIpc) is 2.32. The Morgan fingerprint density at radius 3 is 2.72 bits per heavy atom. The van der Waals surface area contributed by atoms with Gasteiger partial charge in [0.05, 0.1) is 21.1 Å². The van der Waals surface area contributed by atoms with Crippen molar-refractivity contribution in [1.82, 2.24) is 5.32 Å². The van der Waals surface area contributed by atoms with E-state index in [9.17, 15) is 9.18 Å². The highest BCUT2D eigenvalue weighted by atomic mass is 35.5. The molecule has 0 aliphatic heterocycles. The van der Waals surface area contributed by atoms with Crippen molar-refractivity contribution in [2.75, 3.05) is 0 Å². The third-order valence-electron chi connectivity index (χ3n) is 2.84. The van der Waals surface area contributed by atoms with Crippen LogP contribution in [-0.4, -0.2) is 16.4 Å². The van der Waals surface area contributed by atoms with E-state index in [1.54, 1.807) is 6.92 Å². The minimum absolute atomic E-state index is 0.0626. The maximum atomic E-state index is 13.3. The van der Waals surface area contributed by atoms with Gasteiger partial charge in [-0.1, -0.05) is 36.8 Å². The van der Waals surface area contributed by atoms with Crippen LogP contribution in [-0.2, 0) is 0 Å². The van der Waals surface area contributed by atoms with Crippen LogP contribution in [0.1, 0.15) is 30.6 Å². The highest BCUT2D eigenvalue weighted by Crippen LogP contribution is 2.21. The Balaban J connectivity index is 3.02. The van der Waals surface area contributed by atoms with Gasteiger partial charge in [0, 0.05) is 0 Å². The van der Waals surface area contributed by atoms with Gasteiger partial charge < -0.3 is 11.1 Å². The standard InChI is InChI=1S/C12H14ClFN2OS/c1-3-12(2,11(15)18)16-10(17)7-5-4-6-8(14)9(7)13/h4-6H,3H2,1-2H3,(H2,15,18)(H,16,17). The molecule has 0 saturated heterocycles. The summed E-state index contributed by atoms with van der Waals surface area (Å²) in [5.41, 5.74) is 4.83. The van der Waals surface area contributed by atoms with Crippen molar-refractivity contribution in [2.45, 2.75) is 25.8 Å². The smallest absolute Gasteiger partial charge is 0.253 e. The van der Waals surface area contributed by atoms with Crippen LogP contribution in [0.4, 0.5) is 4.39 Å². The van der Waals surface area contributed by atoms with Crippen LogP contribution in [0.15, 0.2) is 18.2 Å². The van der Waals surface area contributed by atoms with E-state index >= 15 is 0 Å². The minimum Gasteiger partial charge on any atom is -0.391 e. The van der Waals surface area contributed by atoms with Crippen molar-refractivity contribution >= 4 is 34.7 Å². The molecule has 3 N–H and O–H groups in total. The molecule has 0 aromatic heterocycles. The molecule has 0 spiro atoms. The number of nitrogens with one attached hydrogen (secondary N) is 1. The van der Waals surface area contributed by atoms with Gasteiger partial charge in [0.1, 0.15) is 5.82 Å². The van der Waals surface area contributed by atoms with Crippen molar-refractivity contribution in [3.05, 3.63) is 34.6 Å². The van der Waals surface area contributed by atoms with Crippen LogP contribution >= 0.6 is 23.8 Å². The molecule has 0 radical (unpaired) electrons. The minimum atomic E-state index is -0.817. The number of amides is 1. The fourth-order valence-electron chi connectivity index (χ4n) is 1.32. The lowest BCUT2D eigenvalue weighted by Gasteiger charge is -2.28. The number of benzene rings is 1. The van der Waals surface area contributed by atoms with E-state index in [4.69, 9.17) is 29.6 Å². The highest BCUT2D eigenvalue weighted by Gasteiger charge is 2.28. The van der Waals surface area contributed by atoms with Crippen LogP contribution in [0, 0.1) is 5.82 Å². The second-order valence-electron chi connectivity index (χ2n) is 4.11. The molecule has 1 rings (SSSR count). The van der Waals surface area contributed by atoms with Gasteiger partial charge in [-0.15, -0.1) is 0 Å². The van der Waals surface area contributed by atoms with Crippen LogP contribution in [0.5, 0.6) is 0 Å². The molecular weight excluding hydrogens is 275 g/mol. The van der Waals surface area contributed by atoms with Gasteiger partial charge in [0.2, 0.25) is 0 Å². The number of nitrogens with two attached hydrogens (primary N) is 1. The fourth-order valence-corrected chi connectivity index (χ4v) is 1.73. The van der Waals surface area contributed by atoms with Gasteiger partial charge in [0.25, 0.3) is 5.91 Å². The predicted molar refractivity (Wildman–Crippen MR) is 74.4 cm³/mol. The Morgan fingerprint density at radius 2 is 2.22 bits per heavy atom. The van der Waals surface area contributed by atoms with Crippen LogP contribution < -0.4 is 11.1 Å². The normalized spacial score (nSPS) is 13.8. The Hall–Kier alpha value is -1.20. The van der Waals surface area contributed by atoms with Gasteiger partial charge >= 0.3 is 0 Å². The molecule has 0 heterocycles. The van der Waals surface area contributed by atoms with Crippen LogP contribution in [0.2, 0.25) is 5.02 Å². The Morgan fingerprint density at radius 1 is 1.61 bits per heavy atom. The zero-order valence-corrected chi connectivity index (χ0v) is 11.7. The first-order valence-corrected chi connectivity index (χ1v) is 6.17. The molecule has 0 fully saturated rings. The van der Waals surface area contributed by atoms with Crippen molar-refractivity contribution in [1.29, 1.82) is 0 Å². The largest absolute Gasteiger partial charge is 0.391 e. The summed E-state index contributed by atoms with van der Waals surface area (Å²) in [5.74, 6) is -1.14. The maximum Gasteiger partial charge on any atom is 0.253 e. The van der Waals surface area contributed by atoms with Gasteiger partial charge in [-0.2, -0.15) is 0 Å². The van der Waals surface area contributed by atoms with Crippen LogP contribution in [0.3, 0.4) is 0 Å². The summed E-state index contributed by atoms with van der Waals surface area (Å²) in [7, 11) is 0. The summed E-state index contributed by atoms with van der Waals surface area (Å²) in [6.07, 6.45) is 0.529. The van der Waals surface area contributed by atoms with E-state index in [0.717, 1.165) is 0 Å². The third-order valence-corrected chi connectivity index (χ3v) is 3.67. The van der Waals surface area contributed by atoms with E-state index in [1.807, 2.05) is 6.92 Å². The van der Waals surface area contributed by atoms with E-state index in [-0.39, 0.29) is 15.6 Å². The fraction of sp³-hybridized carbons (Fsp3) is 0.333. The molecule has 0 aliphatic rings. The van der Waals surface area contributed by atoms with Gasteiger partial charge in [-0.3, -0.25) is 4.79 Å². The van der Waals surface area contributed by atoms with Crippen molar-refractivity contribution in [3.8, 4) is 0 Å². The lowest BCUT2D eigenvalue weighted by Crippen LogP contribution is -2.54. The number of thiocarbonyl (C=S) groups is 1. The third kappa shape index (κ3) is 2.97. The molecule has 3 nitrogen and oxygen atoms in total. The number of carbonyl (C=O) groups excluding carboxylic acids is 1. The summed E-state index contributed by atoms with van der Waals surface area (Å²) >= 11 is 10.7. The van der Waals surface area contributed by atoms with Crippen molar-refractivity contribution in [3.63, 3.8) is 0 Å². The first-order valence-electron chi connectivity index (χ1n) is 5.38. The van der Waals surface area contributed by atoms with E-state index in [1.165, 1.54) is 18.2 Å². The van der Waals surface area contributed by atoms with E-state index < -0.39 is 17.3 Å². The monoisotopic (exact) mass is 288 g/mol. The van der Waals surface area contributed by atoms with E-state index in [2.05, 4.69) is 5.32 Å². The summed E-state index contributed by atoms with van der Waals surface area (Å²) in [6, 6.07) is 4.04. The number of hydrogen-bond donors (Lipinski definition) is 2. The number of halogens is 2. The molecule has 1 atom stereocenters. The molecule has 1 unspecified atom stereocenters. The molecule has 0 saturated carbocycles. The summed E-state index contributed by atoms with van der Waals surface area (Å²) in [6.45, 7) is 3.55. The molecule has 0 aliphatic carbocycles. The lowest BCUT2D eigenvalue weighted by atomic mass is 9.98. The highest BCUT2D eigenvalue weighted by molar-refractivity contribution is 7.80. The van der Waals surface area contributed by atoms with Gasteiger partial charge in [-0.05, 0) is 25.5 Å². The molecule has 1 amide bonds. The number of rotatable bonds is 4. The average molecular weight is 289 g/mol. The summed E-state index contributed by atoms with van der Waals surface area (Å²) < 4.78 is 13.3. The Kier molecular flexibility index (Phi) is 4.65. The predicted octanol–water partition coefficient (Wildman–Crippen LogP) is 2.66. The van der Waals surface area contributed by atoms with Gasteiger partial charge in [0.15, 0.2) is 0 Å². The van der Waals surface area contributed by atoms with Crippen LogP contribution in [0.25, 0.3) is 0 Å². The summed E-state index contributed by atoms with van der Waals surface area (Å²) in [5, 5.41) is 2.46. The molecule has 0 bridgehead atoms. The maximum absolute atomic E-state index is 13.3. The zero-order valence-electron chi connectivity index (χ0n) is 10.1.